The number of hydrogen-bond acceptors (Lipinski definition) is 5. The summed E-state index contributed by atoms with van der Waals surface area (Å²) in [4.78, 5) is 21.5. The number of rotatable bonds is 2. The van der Waals surface area contributed by atoms with E-state index in [9.17, 15) is 14.9 Å². The second-order valence-electron chi connectivity index (χ2n) is 3.30. The van der Waals surface area contributed by atoms with Gasteiger partial charge in [-0.3, -0.25) is 10.1 Å². The molecule has 2 rings (SSSR count). The van der Waals surface area contributed by atoms with Gasteiger partial charge in [0.1, 0.15) is 5.70 Å². The van der Waals surface area contributed by atoms with E-state index in [-0.39, 0.29) is 11.4 Å². The fourth-order valence-electron chi connectivity index (χ4n) is 1.49. The predicted molar refractivity (Wildman–Crippen MR) is 62.4 cm³/mol. The molecule has 0 spiro atoms. The van der Waals surface area contributed by atoms with Gasteiger partial charge in [0.2, 0.25) is 0 Å². The molecule has 0 saturated carbocycles. The van der Waals surface area contributed by atoms with Gasteiger partial charge in [-0.1, -0.05) is 12.1 Å². The minimum atomic E-state index is -1.53. The zero-order valence-electron chi connectivity index (χ0n) is 8.54. The molecule has 0 saturated heterocycles. The van der Waals surface area contributed by atoms with Crippen LogP contribution in [0.15, 0.2) is 40.6 Å². The van der Waals surface area contributed by atoms with Crippen molar-refractivity contribution in [3.05, 3.63) is 45.8 Å². The molecule has 0 fully saturated rings. The molecule has 88 valence electrons. The Labute approximate surface area is 100 Å². The van der Waals surface area contributed by atoms with Crippen LogP contribution >= 0.6 is 11.8 Å². The van der Waals surface area contributed by atoms with Crippen molar-refractivity contribution in [1.29, 1.82) is 0 Å². The number of carboxylic acid groups (broad SMARTS) is 1. The lowest BCUT2D eigenvalue weighted by atomic mass is 10.2. The van der Waals surface area contributed by atoms with Crippen LogP contribution in [0.25, 0.3) is 0 Å². The molecule has 1 aliphatic rings. The highest BCUT2D eigenvalue weighted by atomic mass is 32.2. The monoisotopic (exact) mass is 252 g/mol. The first-order chi connectivity index (χ1) is 8.09. The maximum atomic E-state index is 10.8. The third-order valence-electron chi connectivity index (χ3n) is 2.22. The molecule has 0 bridgehead atoms. The van der Waals surface area contributed by atoms with E-state index >= 15 is 0 Å². The maximum Gasteiger partial charge on any atom is 0.409 e. The number of benzene rings is 1. The number of carbonyl (C=O) groups is 1. The van der Waals surface area contributed by atoms with Gasteiger partial charge in [-0.15, -0.1) is 11.8 Å². The number of nitrogens with zero attached hydrogens (tertiary/aromatic N) is 1. The number of nitro groups is 1. The lowest BCUT2D eigenvalue weighted by Crippen LogP contribution is -2.20. The molecule has 0 radical (unpaired) electrons. The lowest BCUT2D eigenvalue weighted by molar-refractivity contribution is -0.422. The van der Waals surface area contributed by atoms with Gasteiger partial charge in [0.15, 0.2) is 0 Å². The van der Waals surface area contributed by atoms with Crippen LogP contribution in [-0.2, 0) is 4.79 Å². The van der Waals surface area contributed by atoms with E-state index in [1.54, 1.807) is 12.1 Å². The molecular weight excluding hydrogens is 244 g/mol. The molecule has 1 aliphatic heterocycles. The van der Waals surface area contributed by atoms with Crippen LogP contribution in [0, 0.1) is 10.1 Å². The van der Waals surface area contributed by atoms with Crippen molar-refractivity contribution in [3.63, 3.8) is 0 Å². The number of aliphatic carboxylic acids is 1. The second-order valence-corrected chi connectivity index (χ2v) is 4.32. The van der Waals surface area contributed by atoms with Crippen LogP contribution in [0.2, 0.25) is 0 Å². The summed E-state index contributed by atoms with van der Waals surface area (Å²) in [5.74, 6) is -1.28. The minimum absolute atomic E-state index is 0.117. The van der Waals surface area contributed by atoms with Crippen molar-refractivity contribution in [2.24, 2.45) is 0 Å². The minimum Gasteiger partial charge on any atom is -0.473 e. The van der Waals surface area contributed by atoms with E-state index in [4.69, 9.17) is 5.11 Å². The van der Waals surface area contributed by atoms with Crippen molar-refractivity contribution in [3.8, 4) is 0 Å². The standard InChI is InChI=1S/C10H8N2O4S/c13-10(14)9(12(15)16)7-5-17-8-4-2-1-3-6(8)11-7/h1-4,11H,5H2,(H,13,14). The molecule has 0 atom stereocenters. The Morgan fingerprint density at radius 1 is 1.47 bits per heavy atom. The van der Waals surface area contributed by atoms with Gasteiger partial charge in [0.25, 0.3) is 0 Å². The molecule has 17 heavy (non-hydrogen) atoms. The van der Waals surface area contributed by atoms with Gasteiger partial charge >= 0.3 is 11.7 Å². The Kier molecular flexibility index (Phi) is 3.01. The quantitative estimate of drug-likeness (QED) is 0.473. The number of para-hydroxylation sites is 1. The Hall–Kier alpha value is -2.02. The topological polar surface area (TPSA) is 92.5 Å². The Balaban J connectivity index is 2.42. The molecule has 0 aliphatic carbocycles. The third-order valence-corrected chi connectivity index (χ3v) is 3.32. The van der Waals surface area contributed by atoms with Crippen LogP contribution in [0.4, 0.5) is 5.69 Å². The van der Waals surface area contributed by atoms with Crippen molar-refractivity contribution in [2.75, 3.05) is 11.1 Å². The van der Waals surface area contributed by atoms with Gasteiger partial charge in [-0.25, -0.2) is 4.79 Å². The average Bonchev–Trinajstić information content (AvgIpc) is 2.28. The second kappa shape index (κ2) is 4.46. The third kappa shape index (κ3) is 2.23. The molecule has 0 unspecified atom stereocenters. The SMILES string of the molecule is O=C(O)C(=C1CSc2ccccc2N1)[N+](=O)[O-]. The zero-order chi connectivity index (χ0) is 12.4. The van der Waals surface area contributed by atoms with Crippen molar-refractivity contribution in [1.82, 2.24) is 0 Å². The largest absolute Gasteiger partial charge is 0.473 e. The lowest BCUT2D eigenvalue weighted by Gasteiger charge is -2.19. The van der Waals surface area contributed by atoms with Crippen molar-refractivity contribution >= 4 is 23.4 Å². The molecule has 1 heterocycles. The van der Waals surface area contributed by atoms with E-state index in [1.807, 2.05) is 12.1 Å². The van der Waals surface area contributed by atoms with Crippen molar-refractivity contribution < 1.29 is 14.8 Å². The number of hydrogen-bond donors (Lipinski definition) is 2. The first kappa shape index (κ1) is 11.5. The number of thioether (sulfide) groups is 1. The summed E-state index contributed by atoms with van der Waals surface area (Å²) < 4.78 is 0. The fourth-order valence-corrected chi connectivity index (χ4v) is 2.45. The smallest absolute Gasteiger partial charge is 0.409 e. The average molecular weight is 252 g/mol. The van der Waals surface area contributed by atoms with E-state index in [2.05, 4.69) is 5.32 Å². The van der Waals surface area contributed by atoms with E-state index in [0.717, 1.165) is 4.90 Å². The first-order valence-corrected chi connectivity index (χ1v) is 5.68. The Morgan fingerprint density at radius 2 is 2.18 bits per heavy atom. The number of nitrogens with one attached hydrogen (secondary N) is 1. The van der Waals surface area contributed by atoms with Gasteiger partial charge in [0, 0.05) is 10.6 Å². The molecule has 7 heteroatoms. The number of fused-ring (bicyclic) bond motifs is 1. The number of carboxylic acids is 1. The summed E-state index contributed by atoms with van der Waals surface area (Å²) in [5, 5.41) is 22.3. The molecule has 1 aromatic carbocycles. The molecular formula is C10H8N2O4S. The van der Waals surface area contributed by atoms with Crippen LogP contribution in [0.5, 0.6) is 0 Å². The number of anilines is 1. The molecule has 6 nitrogen and oxygen atoms in total. The highest BCUT2D eigenvalue weighted by molar-refractivity contribution is 7.99. The summed E-state index contributed by atoms with van der Waals surface area (Å²) in [6.45, 7) is 0. The molecule has 0 aromatic heterocycles. The first-order valence-electron chi connectivity index (χ1n) is 4.69. The highest BCUT2D eigenvalue weighted by Gasteiger charge is 2.29. The molecule has 1 aromatic rings. The predicted octanol–water partition coefficient (Wildman–Crippen LogP) is 1.78. The van der Waals surface area contributed by atoms with Crippen LogP contribution < -0.4 is 5.32 Å². The van der Waals surface area contributed by atoms with Gasteiger partial charge in [0.05, 0.1) is 10.6 Å². The van der Waals surface area contributed by atoms with Crippen molar-refractivity contribution in [2.45, 2.75) is 4.90 Å². The van der Waals surface area contributed by atoms with Gasteiger partial charge in [-0.05, 0) is 12.1 Å². The summed E-state index contributed by atoms with van der Waals surface area (Å²) >= 11 is 1.37. The summed E-state index contributed by atoms with van der Waals surface area (Å²) in [7, 11) is 0. The fraction of sp³-hybridized carbons (Fsp3) is 0.100. The Bertz CT molecular complexity index is 511. The van der Waals surface area contributed by atoms with Crippen LogP contribution in [0.1, 0.15) is 0 Å². The molecule has 2 N–H and O–H groups in total. The van der Waals surface area contributed by atoms with E-state index in [0.29, 0.717) is 5.69 Å². The van der Waals surface area contributed by atoms with Gasteiger partial charge in [-0.2, -0.15) is 0 Å². The van der Waals surface area contributed by atoms with E-state index < -0.39 is 16.6 Å². The summed E-state index contributed by atoms with van der Waals surface area (Å²) in [6.07, 6.45) is 0. The van der Waals surface area contributed by atoms with Gasteiger partial charge < -0.3 is 10.4 Å². The summed E-state index contributed by atoms with van der Waals surface area (Å²) in [5.41, 5.74) is 0.0116. The van der Waals surface area contributed by atoms with Crippen LogP contribution in [0.3, 0.4) is 0 Å². The zero-order valence-corrected chi connectivity index (χ0v) is 9.36. The maximum absolute atomic E-state index is 10.8. The van der Waals surface area contributed by atoms with Crippen LogP contribution in [-0.4, -0.2) is 21.8 Å². The van der Waals surface area contributed by atoms with E-state index in [1.165, 1.54) is 11.8 Å². The summed E-state index contributed by atoms with van der Waals surface area (Å²) in [6, 6.07) is 7.26. The highest BCUT2D eigenvalue weighted by Crippen LogP contribution is 2.34. The molecule has 0 amide bonds. The normalized spacial score (nSPS) is 16.7. The Morgan fingerprint density at radius 3 is 2.82 bits per heavy atom.